The van der Waals surface area contributed by atoms with E-state index in [1.807, 2.05) is 0 Å². The van der Waals surface area contributed by atoms with Gasteiger partial charge in [0.15, 0.2) is 0 Å². The number of rotatable bonds is 30. The maximum atomic E-state index is 10.5. The molecule has 2 unspecified atom stereocenters. The first kappa shape index (κ1) is 51.5. The molecule has 0 aliphatic carbocycles. The molecule has 49 heavy (non-hydrogen) atoms. The van der Waals surface area contributed by atoms with Crippen molar-refractivity contribution in [3.05, 3.63) is 23.3 Å². The number of hydrogen-bond acceptors (Lipinski definition) is 8. The van der Waals surface area contributed by atoms with Crippen LogP contribution >= 0.6 is 0 Å². The molecule has 0 aliphatic heterocycles. The minimum atomic E-state index is -1.48. The molecule has 0 aromatic heterocycles. The van der Waals surface area contributed by atoms with E-state index < -0.39 is 23.9 Å². The zero-order valence-electron chi connectivity index (χ0n) is 32.0. The summed E-state index contributed by atoms with van der Waals surface area (Å²) in [7, 11) is 0. The van der Waals surface area contributed by atoms with E-state index in [9.17, 15) is 39.6 Å². The van der Waals surface area contributed by atoms with Crippen molar-refractivity contribution < 1.29 is 39.6 Å². The average molecular weight is 798 g/mol. The molecule has 282 valence electrons. The fraction of sp³-hybridized carbons (Fsp3) is 0.800. The second kappa shape index (κ2) is 39.0. The van der Waals surface area contributed by atoms with Gasteiger partial charge in [0.2, 0.25) is 0 Å². The molecule has 0 aromatic carbocycles. The Hall–Kier alpha value is -1.84. The van der Waals surface area contributed by atoms with Crippen molar-refractivity contribution >= 4 is 45.0 Å². The zero-order chi connectivity index (χ0) is 37.7. The van der Waals surface area contributed by atoms with Crippen LogP contribution in [0.15, 0.2) is 23.3 Å². The minimum Gasteiger partial charge on any atom is -0.545 e. The van der Waals surface area contributed by atoms with Crippen LogP contribution < -0.4 is 20.4 Å². The van der Waals surface area contributed by atoms with Crippen LogP contribution in [-0.4, -0.2) is 45.0 Å². The molecule has 0 heterocycles. The minimum absolute atomic E-state index is 0.0388. The molecule has 0 amide bonds. The Morgan fingerprint density at radius 3 is 1.04 bits per heavy atom. The first-order valence-electron chi connectivity index (χ1n) is 19.4. The van der Waals surface area contributed by atoms with Crippen molar-refractivity contribution in [1.29, 1.82) is 0 Å². The molecule has 6 radical (unpaired) electrons. The topological polar surface area (TPSA) is 161 Å². The summed E-state index contributed by atoms with van der Waals surface area (Å²) in [4.78, 5) is 41.5. The third-order valence-corrected chi connectivity index (χ3v) is 13.6. The summed E-state index contributed by atoms with van der Waals surface area (Å²) in [6, 6.07) is 0. The van der Waals surface area contributed by atoms with E-state index in [2.05, 4.69) is 41.5 Å². The van der Waals surface area contributed by atoms with Crippen LogP contribution in [0.2, 0.25) is 8.87 Å². The predicted molar refractivity (Wildman–Crippen MR) is 194 cm³/mol. The van der Waals surface area contributed by atoms with E-state index in [1.54, 1.807) is 8.87 Å². The van der Waals surface area contributed by atoms with Gasteiger partial charge < -0.3 is 39.6 Å². The summed E-state index contributed by atoms with van der Waals surface area (Å²) in [5, 5.41) is 41.5. The molecule has 0 spiro atoms. The molecule has 0 aliphatic rings. The summed E-state index contributed by atoms with van der Waals surface area (Å²) < 4.78 is 3.31. The molecule has 0 aromatic rings. The van der Waals surface area contributed by atoms with Crippen molar-refractivity contribution in [3.63, 3.8) is 0 Å². The van der Waals surface area contributed by atoms with Crippen LogP contribution in [-0.2, 0) is 19.2 Å². The third kappa shape index (κ3) is 38.8. The Balaban J connectivity index is -0.000000648. The van der Waals surface area contributed by atoms with Gasteiger partial charge in [0.05, 0.1) is 23.9 Å². The normalized spacial score (nSPS) is 12.6. The fourth-order valence-corrected chi connectivity index (χ4v) is 10.9. The first-order valence-corrected chi connectivity index (χ1v) is 23.4. The monoisotopic (exact) mass is 798 g/mol. The quantitative estimate of drug-likeness (QED) is 0.0466. The van der Waals surface area contributed by atoms with Crippen molar-refractivity contribution in [1.82, 2.24) is 0 Å². The average Bonchev–Trinajstić information content (AvgIpc) is 3.06. The summed E-state index contributed by atoms with van der Waals surface area (Å²) in [5.74, 6) is -3.62. The van der Waals surface area contributed by atoms with Crippen LogP contribution in [0.3, 0.4) is 0 Å². The first-order chi connectivity index (χ1) is 23.4. The largest absolute Gasteiger partial charge is 0.545 e. The predicted octanol–water partition coefficient (Wildman–Crippen LogP) is 6.29. The van der Waals surface area contributed by atoms with E-state index in [1.165, 1.54) is 64.2 Å². The van der Waals surface area contributed by atoms with Gasteiger partial charge in [-0.05, 0) is 49.0 Å². The number of carbonyl (C=O) groups is 4. The summed E-state index contributed by atoms with van der Waals surface area (Å²) >= 11 is -0.0388. The smallest absolute Gasteiger partial charge is 0.0675 e. The molecule has 0 bridgehead atoms. The van der Waals surface area contributed by atoms with E-state index in [0.29, 0.717) is 25.0 Å². The molecule has 0 fully saturated rings. The number of aliphatic carboxylic acids is 4. The van der Waals surface area contributed by atoms with Crippen molar-refractivity contribution in [2.24, 2.45) is 11.8 Å². The second-order valence-corrected chi connectivity index (χ2v) is 16.8. The number of carboxylic acids is 4. The van der Waals surface area contributed by atoms with Gasteiger partial charge in [-0.15, -0.1) is 0 Å². The van der Waals surface area contributed by atoms with Gasteiger partial charge in [0.1, 0.15) is 0 Å². The van der Waals surface area contributed by atoms with Crippen molar-refractivity contribution in [2.75, 3.05) is 0 Å². The number of unbranched alkanes of at least 4 members (excludes halogenated alkanes) is 12. The Morgan fingerprint density at radius 2 is 0.776 bits per heavy atom. The zero-order valence-corrected chi connectivity index (χ0v) is 34.9. The molecule has 0 N–H and O–H groups in total. The van der Waals surface area contributed by atoms with E-state index in [-0.39, 0.29) is 45.1 Å². The molecule has 0 saturated carbocycles. The van der Waals surface area contributed by atoms with Gasteiger partial charge in [-0.2, -0.15) is 0 Å². The second-order valence-electron chi connectivity index (χ2n) is 13.1. The van der Waals surface area contributed by atoms with Gasteiger partial charge >= 0.3 is 121 Å². The number of carboxylic acid groups (broad SMARTS) is 4. The van der Waals surface area contributed by atoms with E-state index >= 15 is 0 Å². The maximum Gasteiger partial charge on any atom is 0.0675 e. The van der Waals surface area contributed by atoms with Crippen LogP contribution in [0, 0.1) is 11.8 Å². The number of carbonyl (C=O) groups excluding carboxylic acids is 4. The summed E-state index contributed by atoms with van der Waals surface area (Å²) in [6.45, 7) is 13.7. The molecule has 0 rings (SSSR count). The van der Waals surface area contributed by atoms with Crippen LogP contribution in [0.1, 0.15) is 183 Å². The maximum absolute atomic E-state index is 10.5. The van der Waals surface area contributed by atoms with E-state index in [0.717, 1.165) is 63.2 Å². The molecule has 9 heteroatoms. The summed E-state index contributed by atoms with van der Waals surface area (Å²) in [5.41, 5.74) is -0.369. The van der Waals surface area contributed by atoms with Crippen molar-refractivity contribution in [2.45, 2.75) is 192 Å². The Labute approximate surface area is 310 Å². The SMILES string of the molecule is CCCCC(CC)[CH2][Sn+4][CH2]C(CC)CCCC.CCCCCCCC/C(=C/C(=O)[O-])C(=O)[O-].CCCCCCCC/C(=C/C(=O)[O-])C(=O)[O-]. The van der Waals surface area contributed by atoms with Gasteiger partial charge in [-0.3, -0.25) is 0 Å². The molecule has 8 nitrogen and oxygen atoms in total. The Kier molecular flexibility index (Phi) is 41.0. The Morgan fingerprint density at radius 1 is 0.469 bits per heavy atom. The molecule has 0 saturated heterocycles. The standard InChI is InChI=1S/2C12H20O4.2C8H17.Sn/c2*1-2-3-4-5-6-7-8-10(12(15)16)9-11(13)14;2*1-4-6-7-8(3)5-2;/h2*9H,2-8H2,1H3,(H,13,14)(H,15,16);2*8H,3-7H2,1-2H3;/q;;;;+4/p-4/b2*10-9-;;;. The molecular formula is C40H70O8Sn. The van der Waals surface area contributed by atoms with Gasteiger partial charge in [0, 0.05) is 0 Å². The van der Waals surface area contributed by atoms with Crippen LogP contribution in [0.25, 0.3) is 0 Å². The molecular weight excluding hydrogens is 727 g/mol. The van der Waals surface area contributed by atoms with Crippen molar-refractivity contribution in [3.8, 4) is 0 Å². The van der Waals surface area contributed by atoms with Crippen LogP contribution in [0.4, 0.5) is 0 Å². The van der Waals surface area contributed by atoms with Gasteiger partial charge in [0.25, 0.3) is 0 Å². The third-order valence-electron chi connectivity index (χ3n) is 8.66. The molecule has 2 atom stereocenters. The van der Waals surface area contributed by atoms with Crippen LogP contribution in [0.5, 0.6) is 0 Å². The van der Waals surface area contributed by atoms with E-state index in [4.69, 9.17) is 0 Å². The number of hydrogen-bond donors (Lipinski definition) is 0. The Bertz CT molecular complexity index is 814. The van der Waals surface area contributed by atoms with Gasteiger partial charge in [-0.25, -0.2) is 0 Å². The fourth-order valence-electron chi connectivity index (χ4n) is 5.32. The summed E-state index contributed by atoms with van der Waals surface area (Å²) in [6.07, 6.45) is 25.6. The van der Waals surface area contributed by atoms with Gasteiger partial charge in [-0.1, -0.05) is 78.1 Å².